The lowest BCUT2D eigenvalue weighted by Gasteiger charge is -2.37. The van der Waals surface area contributed by atoms with E-state index in [-0.39, 0.29) is 32.9 Å². The molecule has 9 heteroatoms. The van der Waals surface area contributed by atoms with Crippen molar-refractivity contribution in [3.8, 4) is 0 Å². The lowest BCUT2D eigenvalue weighted by atomic mass is 10.2. The van der Waals surface area contributed by atoms with Crippen molar-refractivity contribution < 1.29 is 13.2 Å². The average molecular weight is 434 g/mol. The Morgan fingerprint density at radius 1 is 1.15 bits per heavy atom. The summed E-state index contributed by atoms with van der Waals surface area (Å²) in [6.07, 6.45) is 4.43. The summed E-state index contributed by atoms with van der Waals surface area (Å²) in [5.41, 5.74) is 0. The molecule has 1 amide bonds. The van der Waals surface area contributed by atoms with Gasteiger partial charge in [-0.05, 0) is 31.9 Å². The minimum absolute atomic E-state index is 0.0242. The number of carbonyl (C=O) groups excluding carboxylic acids is 1. The molecule has 0 spiro atoms. The van der Waals surface area contributed by atoms with Gasteiger partial charge in [0.25, 0.3) is 0 Å². The molecule has 0 aromatic heterocycles. The Kier molecular flexibility index (Phi) is 6.69. The van der Waals surface area contributed by atoms with Crippen LogP contribution in [0.4, 0.5) is 0 Å². The van der Waals surface area contributed by atoms with Crippen molar-refractivity contribution in [3.63, 3.8) is 0 Å². The Morgan fingerprint density at radius 3 is 2.41 bits per heavy atom. The molecule has 0 radical (unpaired) electrons. The van der Waals surface area contributed by atoms with Gasteiger partial charge in [-0.25, -0.2) is 8.42 Å². The highest BCUT2D eigenvalue weighted by molar-refractivity contribution is 7.89. The van der Waals surface area contributed by atoms with Crippen LogP contribution in [0.3, 0.4) is 0 Å². The molecule has 1 saturated heterocycles. The minimum atomic E-state index is -3.71. The summed E-state index contributed by atoms with van der Waals surface area (Å²) in [6.45, 7) is 3.49. The highest BCUT2D eigenvalue weighted by Gasteiger charge is 2.33. The molecule has 6 nitrogen and oxygen atoms in total. The molecular weight excluding hydrogens is 409 g/mol. The number of piperazine rings is 1. The van der Waals surface area contributed by atoms with E-state index < -0.39 is 10.0 Å². The van der Waals surface area contributed by atoms with E-state index in [0.29, 0.717) is 26.2 Å². The van der Waals surface area contributed by atoms with Crippen molar-refractivity contribution in [2.45, 2.75) is 49.6 Å². The smallest absolute Gasteiger partial charge is 0.244 e. The van der Waals surface area contributed by atoms with Crippen molar-refractivity contribution in [2.24, 2.45) is 0 Å². The number of nitrogens with zero attached hydrogens (tertiary/aromatic N) is 2. The van der Waals surface area contributed by atoms with Gasteiger partial charge in [0.15, 0.2) is 0 Å². The second kappa shape index (κ2) is 8.66. The number of sulfonamides is 1. The standard InChI is InChI=1S/C18H25Cl2N3O3S/c1-13(18(24)21-14-5-2-3-6-14)22-9-11-23(12-10-22)27(25,26)16-8-4-7-15(19)17(16)20/h4,7-8,13-14H,2-3,5-6,9-12H2,1H3,(H,21,24). The van der Waals surface area contributed by atoms with Gasteiger partial charge in [0.05, 0.1) is 16.1 Å². The fraction of sp³-hybridized carbons (Fsp3) is 0.611. The first kappa shape index (κ1) is 20.9. The largest absolute Gasteiger partial charge is 0.352 e. The molecule has 150 valence electrons. The third-order valence-corrected chi connectivity index (χ3v) is 8.31. The zero-order valence-electron chi connectivity index (χ0n) is 15.3. The van der Waals surface area contributed by atoms with E-state index in [2.05, 4.69) is 5.32 Å². The quantitative estimate of drug-likeness (QED) is 0.774. The van der Waals surface area contributed by atoms with Crippen LogP contribution in [-0.2, 0) is 14.8 Å². The van der Waals surface area contributed by atoms with Crippen molar-refractivity contribution >= 4 is 39.1 Å². The fourth-order valence-corrected chi connectivity index (χ4v) is 5.87. The summed E-state index contributed by atoms with van der Waals surface area (Å²) in [5, 5.41) is 3.38. The van der Waals surface area contributed by atoms with Gasteiger partial charge >= 0.3 is 0 Å². The van der Waals surface area contributed by atoms with Gasteiger partial charge in [0, 0.05) is 32.2 Å². The highest BCUT2D eigenvalue weighted by Crippen LogP contribution is 2.31. The van der Waals surface area contributed by atoms with Crippen LogP contribution in [0.1, 0.15) is 32.6 Å². The van der Waals surface area contributed by atoms with E-state index >= 15 is 0 Å². The number of carbonyl (C=O) groups is 1. The molecule has 1 atom stereocenters. The third kappa shape index (κ3) is 4.59. The molecule has 1 unspecified atom stereocenters. The first-order chi connectivity index (χ1) is 12.8. The molecule has 2 fully saturated rings. The van der Waals surface area contributed by atoms with Gasteiger partial charge in [0.2, 0.25) is 15.9 Å². The van der Waals surface area contributed by atoms with Crippen LogP contribution in [-0.4, -0.2) is 61.8 Å². The molecule has 1 aliphatic carbocycles. The summed E-state index contributed by atoms with van der Waals surface area (Å²) in [5.74, 6) is 0.0242. The minimum Gasteiger partial charge on any atom is -0.352 e. The third-order valence-electron chi connectivity index (χ3n) is 5.44. The summed E-state index contributed by atoms with van der Waals surface area (Å²) >= 11 is 12.1. The second-order valence-electron chi connectivity index (χ2n) is 7.16. The lowest BCUT2D eigenvalue weighted by molar-refractivity contribution is -0.127. The SMILES string of the molecule is CC(C(=O)NC1CCCC1)N1CCN(S(=O)(=O)c2cccc(Cl)c2Cl)CC1. The summed E-state index contributed by atoms with van der Waals surface area (Å²) < 4.78 is 27.2. The van der Waals surface area contributed by atoms with Crippen LogP contribution in [0.2, 0.25) is 10.0 Å². The van der Waals surface area contributed by atoms with Crippen LogP contribution in [0.25, 0.3) is 0 Å². The van der Waals surface area contributed by atoms with Crippen molar-refractivity contribution in [1.29, 1.82) is 0 Å². The molecule has 1 aliphatic heterocycles. The molecule has 3 rings (SSSR count). The lowest BCUT2D eigenvalue weighted by Crippen LogP contribution is -2.55. The van der Waals surface area contributed by atoms with Crippen molar-refractivity contribution in [2.75, 3.05) is 26.2 Å². The van der Waals surface area contributed by atoms with E-state index in [1.54, 1.807) is 12.1 Å². The molecule has 1 aromatic carbocycles. The van der Waals surface area contributed by atoms with E-state index in [9.17, 15) is 13.2 Å². The number of halogens is 2. The zero-order chi connectivity index (χ0) is 19.6. The predicted octanol–water partition coefficient (Wildman–Crippen LogP) is 2.75. The maximum Gasteiger partial charge on any atom is 0.244 e. The van der Waals surface area contributed by atoms with Crippen LogP contribution in [0.15, 0.2) is 23.1 Å². The maximum absolute atomic E-state index is 12.9. The second-order valence-corrected chi connectivity index (χ2v) is 9.85. The van der Waals surface area contributed by atoms with Gasteiger partial charge in [-0.15, -0.1) is 0 Å². The Hall–Kier alpha value is -0.860. The van der Waals surface area contributed by atoms with E-state index in [4.69, 9.17) is 23.2 Å². The number of hydrogen-bond donors (Lipinski definition) is 1. The fourth-order valence-electron chi connectivity index (χ4n) is 3.71. The number of hydrogen-bond acceptors (Lipinski definition) is 4. The van der Waals surface area contributed by atoms with E-state index in [1.165, 1.54) is 23.2 Å². The highest BCUT2D eigenvalue weighted by atomic mass is 35.5. The zero-order valence-corrected chi connectivity index (χ0v) is 17.7. The molecule has 2 aliphatic rings. The molecular formula is C18H25Cl2N3O3S. The molecule has 1 heterocycles. The normalized spacial score (nSPS) is 21.3. The Balaban J connectivity index is 1.60. The van der Waals surface area contributed by atoms with Gasteiger partial charge in [-0.1, -0.05) is 42.1 Å². The summed E-state index contributed by atoms with van der Waals surface area (Å²) in [4.78, 5) is 14.5. The van der Waals surface area contributed by atoms with Gasteiger partial charge in [-0.3, -0.25) is 9.69 Å². The molecule has 1 saturated carbocycles. The van der Waals surface area contributed by atoms with Crippen LogP contribution in [0, 0.1) is 0 Å². The van der Waals surface area contributed by atoms with E-state index in [1.807, 2.05) is 11.8 Å². The number of amides is 1. The van der Waals surface area contributed by atoms with Crippen molar-refractivity contribution in [3.05, 3.63) is 28.2 Å². The maximum atomic E-state index is 12.9. The number of benzene rings is 1. The van der Waals surface area contributed by atoms with Gasteiger partial charge < -0.3 is 5.32 Å². The monoisotopic (exact) mass is 433 g/mol. The molecule has 1 aromatic rings. The Labute approximate surface area is 170 Å². The predicted molar refractivity (Wildman–Crippen MR) is 107 cm³/mol. The van der Waals surface area contributed by atoms with Crippen LogP contribution in [0.5, 0.6) is 0 Å². The summed E-state index contributed by atoms with van der Waals surface area (Å²) in [6, 6.07) is 4.61. The molecule has 27 heavy (non-hydrogen) atoms. The van der Waals surface area contributed by atoms with Crippen LogP contribution >= 0.6 is 23.2 Å². The average Bonchev–Trinajstić information content (AvgIpc) is 3.16. The first-order valence-corrected chi connectivity index (χ1v) is 11.5. The Morgan fingerprint density at radius 2 is 1.78 bits per heavy atom. The summed E-state index contributed by atoms with van der Waals surface area (Å²) in [7, 11) is -3.71. The number of rotatable bonds is 5. The van der Waals surface area contributed by atoms with Gasteiger partial charge in [-0.2, -0.15) is 4.31 Å². The van der Waals surface area contributed by atoms with Crippen LogP contribution < -0.4 is 5.32 Å². The van der Waals surface area contributed by atoms with E-state index in [0.717, 1.165) is 12.8 Å². The van der Waals surface area contributed by atoms with Gasteiger partial charge in [0.1, 0.15) is 4.90 Å². The topological polar surface area (TPSA) is 69.7 Å². The van der Waals surface area contributed by atoms with Crippen molar-refractivity contribution in [1.82, 2.24) is 14.5 Å². The molecule has 0 bridgehead atoms. The molecule has 1 N–H and O–H groups in total. The Bertz CT molecular complexity index is 789. The number of nitrogens with one attached hydrogen (secondary N) is 1. The first-order valence-electron chi connectivity index (χ1n) is 9.29.